The normalized spacial score (nSPS) is 10.7. The van der Waals surface area contributed by atoms with Crippen LogP contribution in [-0.4, -0.2) is 15.5 Å². The van der Waals surface area contributed by atoms with E-state index in [2.05, 4.69) is 20.9 Å². The van der Waals surface area contributed by atoms with E-state index >= 15 is 0 Å². The zero-order chi connectivity index (χ0) is 15.0. The van der Waals surface area contributed by atoms with Gasteiger partial charge < -0.3 is 4.98 Å². The highest BCUT2D eigenvalue weighted by Gasteiger charge is 2.14. The molecule has 0 spiro atoms. The number of carbonyl (C=O) groups excluding carboxylic acids is 1. The van der Waals surface area contributed by atoms with Crippen LogP contribution < -0.4 is 5.56 Å². The Morgan fingerprint density at radius 1 is 1.14 bits per heavy atom. The Balaban J connectivity index is 2.28. The topological polar surface area (TPSA) is 54.9 Å². The zero-order valence-electron chi connectivity index (χ0n) is 10.7. The van der Waals surface area contributed by atoms with Crippen LogP contribution >= 0.6 is 28.1 Å². The van der Waals surface area contributed by atoms with Crippen LogP contribution in [0.2, 0.25) is 0 Å². The van der Waals surface area contributed by atoms with Crippen LogP contribution in [0.3, 0.4) is 0 Å². The quantitative estimate of drug-likeness (QED) is 0.675. The molecule has 0 bridgehead atoms. The number of halogens is 1. The molecule has 21 heavy (non-hydrogen) atoms. The zero-order valence-corrected chi connectivity index (χ0v) is 13.1. The highest BCUT2D eigenvalue weighted by molar-refractivity contribution is 9.10. The highest BCUT2D eigenvalue weighted by Crippen LogP contribution is 2.13. The Morgan fingerprint density at radius 3 is 2.67 bits per heavy atom. The SMILES string of the molecule is O=C(c1cccc(Br)c1)n1c(=S)[nH]c2ccccc2c1=O. The van der Waals surface area contributed by atoms with E-state index in [4.69, 9.17) is 12.2 Å². The average molecular weight is 361 g/mol. The Labute approximate surface area is 133 Å². The van der Waals surface area contributed by atoms with Gasteiger partial charge in [-0.05, 0) is 42.5 Å². The van der Waals surface area contributed by atoms with E-state index in [1.807, 2.05) is 0 Å². The minimum atomic E-state index is -0.451. The summed E-state index contributed by atoms with van der Waals surface area (Å²) in [6.45, 7) is 0. The lowest BCUT2D eigenvalue weighted by Crippen LogP contribution is -2.29. The summed E-state index contributed by atoms with van der Waals surface area (Å²) < 4.78 is 1.83. The van der Waals surface area contributed by atoms with E-state index in [9.17, 15) is 9.59 Å². The molecule has 3 rings (SSSR count). The predicted octanol–water partition coefficient (Wildman–Crippen LogP) is 3.51. The van der Waals surface area contributed by atoms with Gasteiger partial charge in [0.1, 0.15) is 0 Å². The van der Waals surface area contributed by atoms with E-state index < -0.39 is 11.5 Å². The van der Waals surface area contributed by atoms with E-state index in [1.54, 1.807) is 48.5 Å². The van der Waals surface area contributed by atoms with Gasteiger partial charge in [-0.15, -0.1) is 0 Å². The van der Waals surface area contributed by atoms with Crippen molar-refractivity contribution in [1.82, 2.24) is 9.55 Å². The summed E-state index contributed by atoms with van der Waals surface area (Å²) in [4.78, 5) is 27.9. The number of hydrogen-bond donors (Lipinski definition) is 1. The van der Waals surface area contributed by atoms with Gasteiger partial charge in [0.25, 0.3) is 11.5 Å². The first-order valence-electron chi connectivity index (χ1n) is 6.12. The molecular formula is C15H9BrN2O2S. The Morgan fingerprint density at radius 2 is 1.90 bits per heavy atom. The van der Waals surface area contributed by atoms with Gasteiger partial charge in [-0.1, -0.05) is 34.1 Å². The van der Waals surface area contributed by atoms with Crippen LogP contribution in [0.5, 0.6) is 0 Å². The van der Waals surface area contributed by atoms with Crippen LogP contribution in [0.15, 0.2) is 57.8 Å². The number of nitrogens with one attached hydrogen (secondary N) is 1. The maximum absolute atomic E-state index is 12.5. The number of para-hydroxylation sites is 1. The molecule has 0 fully saturated rings. The van der Waals surface area contributed by atoms with Crippen molar-refractivity contribution in [2.24, 2.45) is 0 Å². The molecule has 0 amide bonds. The van der Waals surface area contributed by atoms with Gasteiger partial charge in [0.15, 0.2) is 4.77 Å². The minimum Gasteiger partial charge on any atom is -0.331 e. The Kier molecular flexibility index (Phi) is 3.57. The molecule has 2 aromatic carbocycles. The molecule has 104 valence electrons. The molecule has 0 aliphatic heterocycles. The van der Waals surface area contributed by atoms with Crippen molar-refractivity contribution in [3.63, 3.8) is 0 Å². The standard InChI is InChI=1S/C15H9BrN2O2S/c16-10-5-3-4-9(8-10)13(19)18-14(20)11-6-1-2-7-12(11)17-15(18)21/h1-8H,(H,17,21). The fourth-order valence-electron chi connectivity index (χ4n) is 2.10. The summed E-state index contributed by atoms with van der Waals surface area (Å²) >= 11 is 8.46. The molecule has 0 saturated heterocycles. The molecule has 0 saturated carbocycles. The second kappa shape index (κ2) is 5.38. The number of carbonyl (C=O) groups is 1. The summed E-state index contributed by atoms with van der Waals surface area (Å²) in [5.74, 6) is -0.451. The molecule has 1 aromatic heterocycles. The van der Waals surface area contributed by atoms with Crippen molar-refractivity contribution in [2.45, 2.75) is 0 Å². The third-order valence-electron chi connectivity index (χ3n) is 3.08. The monoisotopic (exact) mass is 360 g/mol. The molecule has 0 atom stereocenters. The van der Waals surface area contributed by atoms with E-state index in [0.29, 0.717) is 16.5 Å². The molecular weight excluding hydrogens is 352 g/mol. The maximum Gasteiger partial charge on any atom is 0.269 e. The van der Waals surface area contributed by atoms with Crippen molar-refractivity contribution in [3.05, 3.63) is 73.7 Å². The molecule has 0 aliphatic rings. The van der Waals surface area contributed by atoms with Crippen LogP contribution in [0, 0.1) is 4.77 Å². The first kappa shape index (κ1) is 13.9. The molecule has 6 heteroatoms. The maximum atomic E-state index is 12.5. The third kappa shape index (κ3) is 2.48. The molecule has 3 aromatic rings. The summed E-state index contributed by atoms with van der Waals surface area (Å²) in [5, 5.41) is 0.425. The first-order valence-corrected chi connectivity index (χ1v) is 7.32. The van der Waals surface area contributed by atoms with Gasteiger partial charge >= 0.3 is 0 Å². The fraction of sp³-hybridized carbons (Fsp3) is 0. The van der Waals surface area contributed by atoms with Crippen LogP contribution in [0.4, 0.5) is 0 Å². The second-order valence-corrected chi connectivity index (χ2v) is 5.73. The molecule has 1 N–H and O–H groups in total. The Bertz CT molecular complexity index is 975. The smallest absolute Gasteiger partial charge is 0.269 e. The number of benzene rings is 2. The van der Waals surface area contributed by atoms with Gasteiger partial charge in [0.05, 0.1) is 10.9 Å². The minimum absolute atomic E-state index is 0.0867. The lowest BCUT2D eigenvalue weighted by atomic mass is 10.2. The average Bonchev–Trinajstić information content (AvgIpc) is 2.47. The lowest BCUT2D eigenvalue weighted by Gasteiger charge is -2.07. The number of rotatable bonds is 1. The molecule has 0 unspecified atom stereocenters. The van der Waals surface area contributed by atoms with Gasteiger partial charge in [-0.25, -0.2) is 4.57 Å². The van der Waals surface area contributed by atoms with Gasteiger partial charge in [0, 0.05) is 10.0 Å². The van der Waals surface area contributed by atoms with Gasteiger partial charge in [0.2, 0.25) is 0 Å². The fourth-order valence-corrected chi connectivity index (χ4v) is 2.77. The van der Waals surface area contributed by atoms with Crippen molar-refractivity contribution in [1.29, 1.82) is 0 Å². The van der Waals surface area contributed by atoms with E-state index in [-0.39, 0.29) is 4.77 Å². The first-order chi connectivity index (χ1) is 10.1. The summed E-state index contributed by atoms with van der Waals surface area (Å²) in [5.41, 5.74) is 0.589. The van der Waals surface area contributed by atoms with Crippen LogP contribution in [0.1, 0.15) is 10.4 Å². The predicted molar refractivity (Wildman–Crippen MR) is 87.3 cm³/mol. The van der Waals surface area contributed by atoms with Crippen molar-refractivity contribution >= 4 is 45.0 Å². The molecule has 0 aliphatic carbocycles. The summed E-state index contributed by atoms with van der Waals surface area (Å²) in [6.07, 6.45) is 0. The van der Waals surface area contributed by atoms with Gasteiger partial charge in [-0.3, -0.25) is 9.59 Å². The molecule has 1 heterocycles. The number of aromatic nitrogens is 2. The lowest BCUT2D eigenvalue weighted by molar-refractivity contribution is 0.0953. The number of fused-ring (bicyclic) bond motifs is 1. The summed E-state index contributed by atoms with van der Waals surface area (Å²) in [7, 11) is 0. The van der Waals surface area contributed by atoms with Crippen molar-refractivity contribution in [3.8, 4) is 0 Å². The third-order valence-corrected chi connectivity index (χ3v) is 3.86. The summed E-state index contributed by atoms with van der Waals surface area (Å²) in [6, 6.07) is 13.8. The Hall–Kier alpha value is -2.05. The number of aromatic amines is 1. The number of nitrogens with zero attached hydrogens (tertiary/aromatic N) is 1. The van der Waals surface area contributed by atoms with Crippen molar-refractivity contribution in [2.75, 3.05) is 0 Å². The molecule has 4 nitrogen and oxygen atoms in total. The van der Waals surface area contributed by atoms with Crippen molar-refractivity contribution < 1.29 is 4.79 Å². The second-order valence-electron chi connectivity index (χ2n) is 4.43. The van der Waals surface area contributed by atoms with E-state index in [1.165, 1.54) is 0 Å². The molecule has 0 radical (unpaired) electrons. The van der Waals surface area contributed by atoms with E-state index in [0.717, 1.165) is 9.04 Å². The highest BCUT2D eigenvalue weighted by atomic mass is 79.9. The largest absolute Gasteiger partial charge is 0.331 e. The van der Waals surface area contributed by atoms with Crippen LogP contribution in [-0.2, 0) is 0 Å². The number of H-pyrrole nitrogens is 1. The van der Waals surface area contributed by atoms with Gasteiger partial charge in [-0.2, -0.15) is 0 Å². The van der Waals surface area contributed by atoms with Crippen LogP contribution in [0.25, 0.3) is 10.9 Å². The number of hydrogen-bond acceptors (Lipinski definition) is 3.